The normalized spacial score (nSPS) is 8.33. The van der Waals surface area contributed by atoms with Crippen molar-refractivity contribution in [2.45, 2.75) is 33.0 Å². The van der Waals surface area contributed by atoms with Crippen LogP contribution in [0.2, 0.25) is 19.6 Å². The Hall–Kier alpha value is 0.620. The van der Waals surface area contributed by atoms with Crippen LogP contribution >= 0.6 is 0 Å². The molecule has 0 spiro atoms. The maximum atomic E-state index is 5.45. The predicted molar refractivity (Wildman–Crippen MR) is 49.2 cm³/mol. The van der Waals surface area contributed by atoms with E-state index in [9.17, 15) is 0 Å². The molecule has 0 fully saturated rings. The van der Waals surface area contributed by atoms with E-state index in [4.69, 9.17) is 6.58 Å². The quantitative estimate of drug-likeness (QED) is 0.458. The van der Waals surface area contributed by atoms with Crippen LogP contribution in [-0.4, -0.2) is 8.07 Å². The maximum absolute atomic E-state index is 5.45. The monoisotopic (exact) mass is 294 g/mol. The minimum Gasteiger partial charge on any atom is -1.00 e. The number of halogens is 1. The molecule has 0 aliphatic carbocycles. The van der Waals surface area contributed by atoms with Crippen molar-refractivity contribution in [2.75, 3.05) is 0 Å². The van der Waals surface area contributed by atoms with E-state index in [1.54, 1.807) is 0 Å². The van der Waals surface area contributed by atoms with Crippen LogP contribution in [0.15, 0.2) is 5.57 Å². The molecule has 0 aliphatic rings. The van der Waals surface area contributed by atoms with E-state index < -0.39 is 8.07 Å². The molecule has 1 radical (unpaired) electrons. The Morgan fingerprint density at radius 1 is 1.33 bits per heavy atom. The molecule has 0 aliphatic heterocycles. The molecule has 0 N–H and O–H groups in total. The van der Waals surface area contributed by atoms with Crippen LogP contribution < -0.4 is 17.0 Å². The maximum Gasteiger partial charge on any atom is 0.129 e. The molecule has 0 nitrogen and oxygen atoms in total. The second kappa shape index (κ2) is 8.23. The zero-order valence-corrected chi connectivity index (χ0v) is 13.9. The molecule has 0 heterocycles. The predicted octanol–water partition coefficient (Wildman–Crippen LogP) is -0.362. The summed E-state index contributed by atoms with van der Waals surface area (Å²) in [5.74, 6) is 3.07. The second-order valence-corrected chi connectivity index (χ2v) is 8.32. The van der Waals surface area contributed by atoms with Gasteiger partial charge in [-0.05, 0) is 6.92 Å². The fourth-order valence-electron chi connectivity index (χ4n) is 0.449. The van der Waals surface area contributed by atoms with Gasteiger partial charge in [-0.15, -0.1) is 11.5 Å². The average Bonchev–Trinajstić information content (AvgIpc) is 1.59. The number of hydrogen-bond acceptors (Lipinski definition) is 0. The van der Waals surface area contributed by atoms with Gasteiger partial charge in [-0.25, -0.2) is 0 Å². The molecular weight excluding hydrogens is 281 g/mol. The van der Waals surface area contributed by atoms with Crippen LogP contribution in [0.5, 0.6) is 0 Å². The Morgan fingerprint density at radius 3 is 2.00 bits per heavy atom. The van der Waals surface area contributed by atoms with Gasteiger partial charge in [0.1, 0.15) is 8.07 Å². The summed E-state index contributed by atoms with van der Waals surface area (Å²) in [7, 11) is -1.15. The molecule has 3 heteroatoms. The topological polar surface area (TPSA) is 0 Å². The Labute approximate surface area is 101 Å². The summed E-state index contributed by atoms with van der Waals surface area (Å²) in [5.41, 5.74) is 4.15. The van der Waals surface area contributed by atoms with Crippen molar-refractivity contribution in [1.82, 2.24) is 0 Å². The summed E-state index contributed by atoms with van der Waals surface area (Å²) >= 11 is 0. The standard InChI is InChI=1S/C9H15Si.BrH.Zn/c1-9(2)7-6-8-10(3,4)5;;/h1H,7H2,2-5H3;1H;/p-1. The summed E-state index contributed by atoms with van der Waals surface area (Å²) in [5, 5.41) is 0. The molecule has 0 bridgehead atoms. The third-order valence-electron chi connectivity index (χ3n) is 0.831. The average molecular weight is 297 g/mol. The van der Waals surface area contributed by atoms with Crippen LogP contribution in [0.3, 0.4) is 0 Å². The van der Waals surface area contributed by atoms with Crippen molar-refractivity contribution in [1.29, 1.82) is 0 Å². The van der Waals surface area contributed by atoms with E-state index in [0.29, 0.717) is 0 Å². The molecule has 0 saturated carbocycles. The summed E-state index contributed by atoms with van der Waals surface area (Å²) in [6.45, 7) is 14.0. The van der Waals surface area contributed by atoms with Crippen molar-refractivity contribution in [2.24, 2.45) is 0 Å². The first kappa shape index (κ1) is 18.4. The Bertz CT molecular complexity index is 183. The molecule has 65 valence electrons. The minimum absolute atomic E-state index is 0. The van der Waals surface area contributed by atoms with E-state index in [1.807, 2.05) is 6.92 Å². The SMILES string of the molecule is [Br-].[CH]=C(C)CC#C[Si](C)(C)C.[Zn]. The number of rotatable bonds is 1. The van der Waals surface area contributed by atoms with Crippen LogP contribution in [0.25, 0.3) is 0 Å². The Kier molecular flexibility index (Phi) is 12.6. The number of hydrogen-bond donors (Lipinski definition) is 0. The molecule has 0 rings (SSSR count). The molecule has 0 aromatic rings. The summed E-state index contributed by atoms with van der Waals surface area (Å²) in [4.78, 5) is 0. The second-order valence-electron chi connectivity index (χ2n) is 3.57. The van der Waals surface area contributed by atoms with Gasteiger partial charge in [0.25, 0.3) is 0 Å². The van der Waals surface area contributed by atoms with Crippen molar-refractivity contribution < 1.29 is 36.5 Å². The minimum atomic E-state index is -1.15. The van der Waals surface area contributed by atoms with Crippen molar-refractivity contribution in [3.63, 3.8) is 0 Å². The molecule has 0 aromatic carbocycles. The first-order chi connectivity index (χ1) is 4.42. The van der Waals surface area contributed by atoms with Gasteiger partial charge >= 0.3 is 0 Å². The van der Waals surface area contributed by atoms with Gasteiger partial charge in [0.15, 0.2) is 0 Å². The summed E-state index contributed by atoms with van der Waals surface area (Å²) in [6.07, 6.45) is 0.754. The first-order valence-electron chi connectivity index (χ1n) is 3.50. The first-order valence-corrected chi connectivity index (χ1v) is 7.00. The van der Waals surface area contributed by atoms with Gasteiger partial charge in [-0.1, -0.05) is 31.8 Å². The molecule has 12 heavy (non-hydrogen) atoms. The van der Waals surface area contributed by atoms with Gasteiger partial charge in [0.2, 0.25) is 0 Å². The number of allylic oxidation sites excluding steroid dienone is 1. The fourth-order valence-corrected chi connectivity index (χ4v) is 1.07. The smallest absolute Gasteiger partial charge is 0.129 e. The molecule has 0 saturated heterocycles. The van der Waals surface area contributed by atoms with Gasteiger partial charge in [0.05, 0.1) is 0 Å². The largest absolute Gasteiger partial charge is 1.00 e. The third-order valence-corrected chi connectivity index (χ3v) is 1.76. The van der Waals surface area contributed by atoms with Crippen LogP contribution in [0.1, 0.15) is 13.3 Å². The molecular formula is C9H15BrSiZn-. The molecule has 0 atom stereocenters. The van der Waals surface area contributed by atoms with E-state index >= 15 is 0 Å². The van der Waals surface area contributed by atoms with Gasteiger partial charge in [-0.3, -0.25) is 0 Å². The third kappa shape index (κ3) is 16.9. The van der Waals surface area contributed by atoms with E-state index in [0.717, 1.165) is 12.0 Å². The van der Waals surface area contributed by atoms with Crippen LogP contribution in [0, 0.1) is 18.0 Å². The van der Waals surface area contributed by atoms with E-state index in [2.05, 4.69) is 31.1 Å². The molecule has 0 unspecified atom stereocenters. The van der Waals surface area contributed by atoms with Crippen LogP contribution in [-0.2, 0) is 19.5 Å². The van der Waals surface area contributed by atoms with Crippen molar-refractivity contribution in [3.05, 3.63) is 12.2 Å². The zero-order valence-electron chi connectivity index (χ0n) is 8.37. The van der Waals surface area contributed by atoms with Crippen molar-refractivity contribution in [3.8, 4) is 11.5 Å². The van der Waals surface area contributed by atoms with Gasteiger partial charge < -0.3 is 17.0 Å². The van der Waals surface area contributed by atoms with Gasteiger partial charge in [0, 0.05) is 25.9 Å². The molecule has 0 amide bonds. The van der Waals surface area contributed by atoms with Crippen molar-refractivity contribution >= 4 is 8.07 Å². The zero-order chi connectivity index (χ0) is 8.20. The fraction of sp³-hybridized carbons (Fsp3) is 0.556. The summed E-state index contributed by atoms with van der Waals surface area (Å²) in [6, 6.07) is 0. The molecule has 0 aromatic heterocycles. The Balaban J connectivity index is -0.000000405. The van der Waals surface area contributed by atoms with E-state index in [-0.39, 0.29) is 36.5 Å². The van der Waals surface area contributed by atoms with Gasteiger partial charge in [-0.2, -0.15) is 0 Å². The Morgan fingerprint density at radius 2 is 1.75 bits per heavy atom. The van der Waals surface area contributed by atoms with Crippen LogP contribution in [0.4, 0.5) is 0 Å². The summed E-state index contributed by atoms with van der Waals surface area (Å²) < 4.78 is 0. The van der Waals surface area contributed by atoms with E-state index in [1.165, 1.54) is 0 Å².